The lowest BCUT2D eigenvalue weighted by Gasteiger charge is -2.34. The number of ether oxygens (including phenoxy) is 1. The van der Waals surface area contributed by atoms with Crippen LogP contribution in [-0.4, -0.2) is 54.3 Å². The summed E-state index contributed by atoms with van der Waals surface area (Å²) >= 11 is 1.47. The van der Waals surface area contributed by atoms with Crippen LogP contribution in [0.25, 0.3) is 0 Å². The Hall–Kier alpha value is -1.51. The van der Waals surface area contributed by atoms with Crippen molar-refractivity contribution in [2.75, 3.05) is 32.5 Å². The fraction of sp³-hybridized carbons (Fsp3) is 0.533. The summed E-state index contributed by atoms with van der Waals surface area (Å²) < 4.78 is 4.98. The van der Waals surface area contributed by atoms with Crippen LogP contribution in [0.1, 0.15) is 12.5 Å². The Kier molecular flexibility index (Phi) is 8.30. The number of benzene rings is 1. The highest BCUT2D eigenvalue weighted by Gasteiger charge is 2.22. The molecule has 0 unspecified atom stereocenters. The summed E-state index contributed by atoms with van der Waals surface area (Å²) in [6.45, 7) is 4.41. The van der Waals surface area contributed by atoms with Gasteiger partial charge >= 0.3 is 5.69 Å². The van der Waals surface area contributed by atoms with E-state index in [1.807, 2.05) is 11.8 Å². The zero-order valence-corrected chi connectivity index (χ0v) is 15.3. The van der Waals surface area contributed by atoms with E-state index in [1.54, 1.807) is 12.1 Å². The lowest BCUT2D eigenvalue weighted by molar-refractivity contribution is -0.385. The van der Waals surface area contributed by atoms with Gasteiger partial charge < -0.3 is 15.0 Å². The zero-order chi connectivity index (χ0) is 16.8. The molecule has 1 aromatic rings. The van der Waals surface area contributed by atoms with Gasteiger partial charge in [0.15, 0.2) is 5.75 Å². The molecule has 0 aromatic heterocycles. The van der Waals surface area contributed by atoms with Crippen LogP contribution in [0.5, 0.6) is 5.75 Å². The predicted octanol–water partition coefficient (Wildman–Crippen LogP) is 2.08. The van der Waals surface area contributed by atoms with Gasteiger partial charge in [-0.25, -0.2) is 0 Å². The van der Waals surface area contributed by atoms with Crippen molar-refractivity contribution < 1.29 is 14.5 Å². The van der Waals surface area contributed by atoms with Gasteiger partial charge in [0.25, 0.3) is 0 Å². The second kappa shape index (κ2) is 9.71. The maximum Gasteiger partial charge on any atom is 0.311 e. The van der Waals surface area contributed by atoms with Crippen LogP contribution in [-0.2, 0) is 10.5 Å². The number of thioether (sulfide) groups is 1. The molecule has 7 nitrogen and oxygen atoms in total. The molecular weight excluding hydrogens is 354 g/mol. The van der Waals surface area contributed by atoms with Crippen LogP contribution in [0.15, 0.2) is 18.2 Å². The number of carbonyl (C=O) groups excluding carboxylic acids is 1. The minimum atomic E-state index is -0.458. The molecule has 1 atom stereocenters. The maximum atomic E-state index is 12.2. The SMILES string of the molecule is COc1ccc(CSCC(=O)N2CCNC[C@H]2C)cc1[N+](=O)[O-].Cl. The number of nitro benzene ring substituents is 1. The van der Waals surface area contributed by atoms with Crippen molar-refractivity contribution in [1.29, 1.82) is 0 Å². The molecule has 1 N–H and O–H groups in total. The summed E-state index contributed by atoms with van der Waals surface area (Å²) in [5.41, 5.74) is 0.760. The molecule has 0 bridgehead atoms. The first-order valence-electron chi connectivity index (χ1n) is 7.42. The van der Waals surface area contributed by atoms with Crippen LogP contribution in [0.2, 0.25) is 0 Å². The second-order valence-electron chi connectivity index (χ2n) is 5.40. The Morgan fingerprint density at radius 1 is 1.54 bits per heavy atom. The Balaban J connectivity index is 0.00000288. The third-order valence-electron chi connectivity index (χ3n) is 3.76. The van der Waals surface area contributed by atoms with Gasteiger partial charge in [0.05, 0.1) is 17.8 Å². The summed E-state index contributed by atoms with van der Waals surface area (Å²) in [5, 5.41) is 14.3. The summed E-state index contributed by atoms with van der Waals surface area (Å²) in [6.07, 6.45) is 0. The highest BCUT2D eigenvalue weighted by Crippen LogP contribution is 2.29. The van der Waals surface area contributed by atoms with E-state index in [4.69, 9.17) is 4.74 Å². The summed E-state index contributed by atoms with van der Waals surface area (Å²) in [5.74, 6) is 1.29. The van der Waals surface area contributed by atoms with Crippen molar-refractivity contribution in [1.82, 2.24) is 10.2 Å². The number of hydrogen-bond acceptors (Lipinski definition) is 6. The maximum absolute atomic E-state index is 12.2. The van der Waals surface area contributed by atoms with E-state index >= 15 is 0 Å². The summed E-state index contributed by atoms with van der Waals surface area (Å²) in [6, 6.07) is 5.09. The molecule has 1 saturated heterocycles. The molecule has 1 aromatic carbocycles. The number of nitrogens with one attached hydrogen (secondary N) is 1. The number of nitro groups is 1. The van der Waals surface area contributed by atoms with Gasteiger partial charge in [-0.1, -0.05) is 6.07 Å². The van der Waals surface area contributed by atoms with Gasteiger partial charge in [-0.3, -0.25) is 14.9 Å². The molecule has 1 aliphatic heterocycles. The number of carbonyl (C=O) groups is 1. The monoisotopic (exact) mass is 375 g/mol. The first-order valence-corrected chi connectivity index (χ1v) is 8.57. The normalized spacial score (nSPS) is 17.1. The number of nitrogens with zero attached hydrogens (tertiary/aromatic N) is 2. The van der Waals surface area contributed by atoms with Crippen molar-refractivity contribution in [3.8, 4) is 5.75 Å². The standard InChI is InChI=1S/C15H21N3O4S.ClH/c1-11-8-16-5-6-17(11)15(19)10-23-9-12-3-4-14(22-2)13(7-12)18(20)21;/h3-4,7,11,16H,5-6,8-10H2,1-2H3;1H/t11-;/m1./s1. The second-order valence-corrected chi connectivity index (χ2v) is 6.38. The molecule has 0 radical (unpaired) electrons. The molecule has 1 heterocycles. The predicted molar refractivity (Wildman–Crippen MR) is 97.1 cm³/mol. The first-order chi connectivity index (χ1) is 11.0. The lowest BCUT2D eigenvalue weighted by Crippen LogP contribution is -2.52. The van der Waals surface area contributed by atoms with Gasteiger partial charge in [-0.05, 0) is 18.6 Å². The van der Waals surface area contributed by atoms with Crippen LogP contribution < -0.4 is 10.1 Å². The average molecular weight is 376 g/mol. The number of methoxy groups -OCH3 is 1. The van der Waals surface area contributed by atoms with Crippen LogP contribution >= 0.6 is 24.2 Å². The van der Waals surface area contributed by atoms with Crippen molar-refractivity contribution in [2.45, 2.75) is 18.7 Å². The Morgan fingerprint density at radius 2 is 2.29 bits per heavy atom. The molecular formula is C15H22ClN3O4S. The van der Waals surface area contributed by atoms with Gasteiger partial charge in [0.1, 0.15) is 0 Å². The molecule has 1 fully saturated rings. The topological polar surface area (TPSA) is 84.7 Å². The third-order valence-corrected chi connectivity index (χ3v) is 4.74. The van der Waals surface area contributed by atoms with E-state index in [2.05, 4.69) is 5.32 Å². The summed E-state index contributed by atoms with van der Waals surface area (Å²) in [7, 11) is 1.41. The van der Waals surface area contributed by atoms with Crippen molar-refractivity contribution in [3.63, 3.8) is 0 Å². The van der Waals surface area contributed by atoms with E-state index in [9.17, 15) is 14.9 Å². The van der Waals surface area contributed by atoms with Crippen molar-refractivity contribution >= 4 is 35.8 Å². The van der Waals surface area contributed by atoms with Crippen molar-refractivity contribution in [3.05, 3.63) is 33.9 Å². The van der Waals surface area contributed by atoms with E-state index < -0.39 is 4.92 Å². The highest BCUT2D eigenvalue weighted by molar-refractivity contribution is 7.99. The fourth-order valence-electron chi connectivity index (χ4n) is 2.52. The van der Waals surface area contributed by atoms with E-state index in [1.165, 1.54) is 24.9 Å². The van der Waals surface area contributed by atoms with Gasteiger partial charge in [-0.15, -0.1) is 24.2 Å². The molecule has 0 aliphatic carbocycles. The number of rotatable bonds is 6. The minimum Gasteiger partial charge on any atom is -0.490 e. The highest BCUT2D eigenvalue weighted by atomic mass is 35.5. The summed E-state index contributed by atoms with van der Waals surface area (Å²) in [4.78, 5) is 24.7. The average Bonchev–Trinajstić information content (AvgIpc) is 2.55. The molecule has 0 saturated carbocycles. The fourth-order valence-corrected chi connectivity index (χ4v) is 3.38. The zero-order valence-electron chi connectivity index (χ0n) is 13.7. The number of amides is 1. The van der Waals surface area contributed by atoms with Crippen molar-refractivity contribution in [2.24, 2.45) is 0 Å². The Bertz CT molecular complexity index is 588. The quantitative estimate of drug-likeness (QED) is 0.605. The van der Waals surface area contributed by atoms with Gasteiger partial charge in [0.2, 0.25) is 5.91 Å². The van der Waals surface area contributed by atoms with Crippen LogP contribution in [0, 0.1) is 10.1 Å². The molecule has 134 valence electrons. The van der Waals surface area contributed by atoms with Crippen LogP contribution in [0.3, 0.4) is 0 Å². The van der Waals surface area contributed by atoms with E-state index in [-0.39, 0.29) is 35.8 Å². The van der Waals surface area contributed by atoms with E-state index in [0.717, 1.165) is 25.2 Å². The van der Waals surface area contributed by atoms with E-state index in [0.29, 0.717) is 11.5 Å². The minimum absolute atomic E-state index is 0. The molecule has 0 spiro atoms. The smallest absolute Gasteiger partial charge is 0.311 e. The number of halogens is 1. The molecule has 24 heavy (non-hydrogen) atoms. The Morgan fingerprint density at radius 3 is 2.92 bits per heavy atom. The Labute approximate surface area is 151 Å². The van der Waals surface area contributed by atoms with Gasteiger partial charge in [0, 0.05) is 37.5 Å². The molecule has 9 heteroatoms. The third kappa shape index (κ3) is 5.25. The largest absolute Gasteiger partial charge is 0.490 e. The first kappa shape index (κ1) is 20.5. The molecule has 1 aliphatic rings. The molecule has 1 amide bonds. The number of piperazine rings is 1. The lowest BCUT2D eigenvalue weighted by atomic mass is 10.2. The van der Waals surface area contributed by atoms with Crippen LogP contribution in [0.4, 0.5) is 5.69 Å². The number of hydrogen-bond donors (Lipinski definition) is 1. The van der Waals surface area contributed by atoms with Gasteiger partial charge in [-0.2, -0.15) is 0 Å². The molecule has 2 rings (SSSR count).